The van der Waals surface area contributed by atoms with Crippen LogP contribution in [-0.2, 0) is 14.3 Å². The first kappa shape index (κ1) is 16.9. The molecule has 0 bridgehead atoms. The molecule has 3 rings (SSSR count). The van der Waals surface area contributed by atoms with Crippen LogP contribution >= 0.6 is 0 Å². The zero-order valence-corrected chi connectivity index (χ0v) is 14.7. The molecule has 0 aliphatic heterocycles. The second-order valence-corrected chi connectivity index (χ2v) is 7.56. The summed E-state index contributed by atoms with van der Waals surface area (Å²) in [5, 5.41) is 3.79. The lowest BCUT2D eigenvalue weighted by molar-refractivity contribution is 0.307. The van der Waals surface area contributed by atoms with Gasteiger partial charge in [0.1, 0.15) is 4.90 Å². The van der Waals surface area contributed by atoms with Gasteiger partial charge in [0.2, 0.25) is 0 Å². The minimum absolute atomic E-state index is 0.242. The van der Waals surface area contributed by atoms with Crippen LogP contribution < -0.4 is 0 Å². The van der Waals surface area contributed by atoms with Crippen molar-refractivity contribution in [3.05, 3.63) is 54.6 Å². The number of unbranched alkanes of at least 4 members (excludes halogenated alkanes) is 3. The van der Waals surface area contributed by atoms with Gasteiger partial charge in [0.15, 0.2) is 0 Å². The molecule has 0 atom stereocenters. The van der Waals surface area contributed by atoms with Crippen molar-refractivity contribution in [3.8, 4) is 0 Å². The van der Waals surface area contributed by atoms with E-state index in [1.807, 2.05) is 42.5 Å². The molecule has 0 saturated heterocycles. The van der Waals surface area contributed by atoms with Gasteiger partial charge in [-0.3, -0.25) is 4.18 Å². The molecule has 126 valence electrons. The largest absolute Gasteiger partial charge is 0.297 e. The highest BCUT2D eigenvalue weighted by Crippen LogP contribution is 2.30. The maximum Gasteiger partial charge on any atom is 0.297 e. The summed E-state index contributed by atoms with van der Waals surface area (Å²) in [7, 11) is -3.74. The number of benzene rings is 3. The highest BCUT2D eigenvalue weighted by molar-refractivity contribution is 7.87. The van der Waals surface area contributed by atoms with E-state index in [1.165, 1.54) is 0 Å². The van der Waals surface area contributed by atoms with Crippen molar-refractivity contribution < 1.29 is 12.6 Å². The lowest BCUT2D eigenvalue weighted by Gasteiger charge is -2.10. The fourth-order valence-electron chi connectivity index (χ4n) is 2.99. The van der Waals surface area contributed by atoms with Crippen LogP contribution in [-0.4, -0.2) is 15.0 Å². The van der Waals surface area contributed by atoms with Crippen LogP contribution in [0.4, 0.5) is 0 Å². The minimum Gasteiger partial charge on any atom is -0.266 e. The third kappa shape index (κ3) is 3.45. The molecule has 0 aromatic heterocycles. The molecule has 0 aliphatic rings. The van der Waals surface area contributed by atoms with E-state index >= 15 is 0 Å². The zero-order chi connectivity index (χ0) is 17.0. The molecule has 3 aromatic rings. The van der Waals surface area contributed by atoms with E-state index < -0.39 is 10.1 Å². The molecule has 0 radical (unpaired) electrons. The third-order valence-electron chi connectivity index (χ3n) is 4.25. The summed E-state index contributed by atoms with van der Waals surface area (Å²) < 4.78 is 30.4. The standard InChI is InChI=1S/C20H22O3S/c1-2-3-4-7-15-23-24(21,22)20-12-8-11-18-17-10-6-5-9-16(17)13-14-19(18)20/h5-6,8-14H,2-4,7,15H2,1H3. The van der Waals surface area contributed by atoms with Gasteiger partial charge in [-0.15, -0.1) is 0 Å². The van der Waals surface area contributed by atoms with Crippen LogP contribution in [0.1, 0.15) is 32.6 Å². The molecule has 4 heteroatoms. The second kappa shape index (κ2) is 7.32. The summed E-state index contributed by atoms with van der Waals surface area (Å²) >= 11 is 0. The summed E-state index contributed by atoms with van der Waals surface area (Å²) in [6, 6.07) is 17.2. The molecule has 3 aromatic carbocycles. The second-order valence-electron chi connectivity index (χ2n) is 5.97. The molecule has 24 heavy (non-hydrogen) atoms. The Morgan fingerprint density at radius 1 is 0.792 bits per heavy atom. The van der Waals surface area contributed by atoms with E-state index in [1.54, 1.807) is 12.1 Å². The van der Waals surface area contributed by atoms with Crippen molar-refractivity contribution in [1.29, 1.82) is 0 Å². The molecule has 3 nitrogen and oxygen atoms in total. The predicted molar refractivity (Wildman–Crippen MR) is 98.7 cm³/mol. The Labute approximate surface area is 143 Å². The van der Waals surface area contributed by atoms with E-state index in [-0.39, 0.29) is 11.5 Å². The van der Waals surface area contributed by atoms with Gasteiger partial charge in [-0.1, -0.05) is 74.7 Å². The Bertz CT molecular complexity index is 945. The van der Waals surface area contributed by atoms with Gasteiger partial charge in [0.25, 0.3) is 10.1 Å². The summed E-state index contributed by atoms with van der Waals surface area (Å²) in [5.41, 5.74) is 0. The average Bonchev–Trinajstić information content (AvgIpc) is 2.61. The molecule has 0 fully saturated rings. The van der Waals surface area contributed by atoms with Crippen molar-refractivity contribution in [2.45, 2.75) is 37.5 Å². The highest BCUT2D eigenvalue weighted by atomic mass is 32.2. The van der Waals surface area contributed by atoms with Crippen molar-refractivity contribution in [3.63, 3.8) is 0 Å². The van der Waals surface area contributed by atoms with Crippen LogP contribution in [0.3, 0.4) is 0 Å². The number of hydrogen-bond donors (Lipinski definition) is 0. The van der Waals surface area contributed by atoms with Crippen LogP contribution in [0.15, 0.2) is 59.5 Å². The van der Waals surface area contributed by atoms with Crippen LogP contribution in [0.2, 0.25) is 0 Å². The SMILES string of the molecule is CCCCCCOS(=O)(=O)c1cccc2c1ccc1ccccc12. The van der Waals surface area contributed by atoms with Crippen molar-refractivity contribution in [1.82, 2.24) is 0 Å². The first-order chi connectivity index (χ1) is 11.6. The monoisotopic (exact) mass is 342 g/mol. The molecule has 0 N–H and O–H groups in total. The maximum absolute atomic E-state index is 12.6. The van der Waals surface area contributed by atoms with Crippen molar-refractivity contribution >= 4 is 31.7 Å². The summed E-state index contributed by atoms with van der Waals surface area (Å²) in [4.78, 5) is 0.251. The van der Waals surface area contributed by atoms with Gasteiger partial charge in [-0.25, -0.2) is 0 Å². The van der Waals surface area contributed by atoms with Gasteiger partial charge >= 0.3 is 0 Å². The van der Waals surface area contributed by atoms with E-state index in [4.69, 9.17) is 4.18 Å². The predicted octanol–water partition coefficient (Wildman–Crippen LogP) is 5.28. The van der Waals surface area contributed by atoms with Gasteiger partial charge in [-0.2, -0.15) is 8.42 Å². The number of rotatable bonds is 7. The van der Waals surface area contributed by atoms with Crippen molar-refractivity contribution in [2.75, 3.05) is 6.61 Å². The highest BCUT2D eigenvalue weighted by Gasteiger charge is 2.18. The van der Waals surface area contributed by atoms with Gasteiger partial charge in [0.05, 0.1) is 6.61 Å². The summed E-state index contributed by atoms with van der Waals surface area (Å²) in [6.07, 6.45) is 3.97. The average molecular weight is 342 g/mol. The molecule has 0 unspecified atom stereocenters. The van der Waals surface area contributed by atoms with Crippen LogP contribution in [0.5, 0.6) is 0 Å². The Morgan fingerprint density at radius 3 is 2.42 bits per heavy atom. The third-order valence-corrected chi connectivity index (χ3v) is 5.62. The van der Waals surface area contributed by atoms with Crippen LogP contribution in [0.25, 0.3) is 21.5 Å². The van der Waals surface area contributed by atoms with Crippen LogP contribution in [0, 0.1) is 0 Å². The molecule has 0 spiro atoms. The molecular weight excluding hydrogens is 320 g/mol. The van der Waals surface area contributed by atoms with Gasteiger partial charge < -0.3 is 0 Å². The van der Waals surface area contributed by atoms with E-state index in [0.717, 1.165) is 41.8 Å². The minimum atomic E-state index is -3.74. The normalized spacial score (nSPS) is 12.0. The quantitative estimate of drug-likeness (QED) is 0.333. The topological polar surface area (TPSA) is 43.4 Å². The smallest absolute Gasteiger partial charge is 0.266 e. The first-order valence-corrected chi connectivity index (χ1v) is 9.84. The fourth-order valence-corrected chi connectivity index (χ4v) is 4.15. The van der Waals surface area contributed by atoms with Gasteiger partial charge in [0, 0.05) is 5.39 Å². The Hall–Kier alpha value is -1.91. The van der Waals surface area contributed by atoms with E-state index in [2.05, 4.69) is 6.92 Å². The zero-order valence-electron chi connectivity index (χ0n) is 13.9. The first-order valence-electron chi connectivity index (χ1n) is 8.43. The van der Waals surface area contributed by atoms with Gasteiger partial charge in [-0.05, 0) is 28.6 Å². The Balaban J connectivity index is 1.96. The molecule has 0 amide bonds. The fraction of sp³-hybridized carbons (Fsp3) is 0.300. The lowest BCUT2D eigenvalue weighted by atomic mass is 10.0. The number of hydrogen-bond acceptors (Lipinski definition) is 3. The molecule has 0 saturated carbocycles. The van der Waals surface area contributed by atoms with Crippen molar-refractivity contribution in [2.24, 2.45) is 0 Å². The number of fused-ring (bicyclic) bond motifs is 3. The Kier molecular flexibility index (Phi) is 5.17. The maximum atomic E-state index is 12.6. The molecule has 0 aliphatic carbocycles. The lowest BCUT2D eigenvalue weighted by Crippen LogP contribution is -2.08. The van der Waals surface area contributed by atoms with E-state index in [0.29, 0.717) is 5.39 Å². The molecule has 0 heterocycles. The summed E-state index contributed by atoms with van der Waals surface area (Å²) in [6.45, 7) is 2.37. The Morgan fingerprint density at radius 2 is 1.58 bits per heavy atom. The van der Waals surface area contributed by atoms with E-state index in [9.17, 15) is 8.42 Å². The summed E-state index contributed by atoms with van der Waals surface area (Å²) in [5.74, 6) is 0. The molecular formula is C20H22O3S.